The van der Waals surface area contributed by atoms with Crippen LogP contribution in [-0.4, -0.2) is 36.9 Å². The summed E-state index contributed by atoms with van der Waals surface area (Å²) in [6.07, 6.45) is 3.39. The second-order valence-corrected chi connectivity index (χ2v) is 7.73. The van der Waals surface area contributed by atoms with E-state index < -0.39 is 6.10 Å². The predicted octanol–water partition coefficient (Wildman–Crippen LogP) is 3.85. The van der Waals surface area contributed by atoms with Gasteiger partial charge in [-0.3, -0.25) is 0 Å². The van der Waals surface area contributed by atoms with Gasteiger partial charge in [0.25, 0.3) is 0 Å². The third kappa shape index (κ3) is 6.46. The molecule has 0 amide bonds. The highest BCUT2D eigenvalue weighted by molar-refractivity contribution is 6.30. The van der Waals surface area contributed by atoms with Crippen molar-refractivity contribution in [2.45, 2.75) is 44.8 Å². The smallest absolute Gasteiger partial charge is 0.344 e. The van der Waals surface area contributed by atoms with Crippen molar-refractivity contribution < 1.29 is 19.4 Å². The molecule has 1 aliphatic carbocycles. The zero-order valence-corrected chi connectivity index (χ0v) is 17.5. The lowest BCUT2D eigenvalue weighted by Crippen LogP contribution is -2.34. The normalized spacial score (nSPS) is 17.1. The molecule has 156 valence electrons. The molecule has 2 aromatic rings. The number of esters is 1. The molecule has 2 aromatic carbocycles. The van der Waals surface area contributed by atoms with Crippen LogP contribution in [0.2, 0.25) is 5.02 Å². The number of carbonyl (C=O) groups is 1. The second-order valence-electron chi connectivity index (χ2n) is 7.30. The molecule has 5 nitrogen and oxygen atoms in total. The van der Waals surface area contributed by atoms with Crippen LogP contribution < -0.4 is 10.1 Å². The molecule has 0 bridgehead atoms. The Morgan fingerprint density at radius 1 is 1.28 bits per heavy atom. The van der Waals surface area contributed by atoms with Gasteiger partial charge < -0.3 is 19.9 Å². The number of fused-ring (bicyclic) bond motifs is 1. The molecule has 29 heavy (non-hydrogen) atoms. The number of nitrogens with one attached hydrogen (secondary N) is 1. The molecule has 0 aromatic heterocycles. The monoisotopic (exact) mass is 417 g/mol. The zero-order chi connectivity index (χ0) is 20.6. The second kappa shape index (κ2) is 10.6. The van der Waals surface area contributed by atoms with E-state index in [1.807, 2.05) is 24.3 Å². The van der Waals surface area contributed by atoms with Crippen LogP contribution in [-0.2, 0) is 22.4 Å². The fourth-order valence-corrected chi connectivity index (χ4v) is 3.86. The molecule has 0 unspecified atom stereocenters. The van der Waals surface area contributed by atoms with Crippen LogP contribution in [0.15, 0.2) is 42.5 Å². The number of carbonyl (C=O) groups excluding carboxylic acids is 1. The van der Waals surface area contributed by atoms with E-state index in [0.717, 1.165) is 31.2 Å². The summed E-state index contributed by atoms with van der Waals surface area (Å²) in [5.41, 5.74) is 3.35. The van der Waals surface area contributed by atoms with Gasteiger partial charge in [0.15, 0.2) is 6.61 Å². The van der Waals surface area contributed by atoms with Crippen molar-refractivity contribution in [2.75, 3.05) is 19.8 Å². The molecule has 0 aliphatic heterocycles. The summed E-state index contributed by atoms with van der Waals surface area (Å²) >= 11 is 6.02. The lowest BCUT2D eigenvalue weighted by molar-refractivity contribution is -0.145. The molecular formula is C23H28ClNO4. The van der Waals surface area contributed by atoms with Crippen LogP contribution >= 0.6 is 11.6 Å². The molecule has 0 fully saturated rings. The van der Waals surface area contributed by atoms with Crippen molar-refractivity contribution >= 4 is 17.6 Å². The van der Waals surface area contributed by atoms with Crippen molar-refractivity contribution in [1.29, 1.82) is 0 Å². The quantitative estimate of drug-likeness (QED) is 0.504. The van der Waals surface area contributed by atoms with E-state index in [9.17, 15) is 9.90 Å². The van der Waals surface area contributed by atoms with Crippen LogP contribution in [0.25, 0.3) is 0 Å². The van der Waals surface area contributed by atoms with Gasteiger partial charge >= 0.3 is 5.97 Å². The van der Waals surface area contributed by atoms with Gasteiger partial charge in [0.1, 0.15) is 5.75 Å². The molecule has 1 aliphatic rings. The maximum atomic E-state index is 11.5. The summed E-state index contributed by atoms with van der Waals surface area (Å²) in [6, 6.07) is 13.6. The van der Waals surface area contributed by atoms with E-state index in [2.05, 4.69) is 11.4 Å². The first-order valence-corrected chi connectivity index (χ1v) is 10.5. The highest BCUT2D eigenvalue weighted by Crippen LogP contribution is 2.26. The molecule has 2 atom stereocenters. The molecule has 0 saturated carbocycles. The largest absolute Gasteiger partial charge is 0.482 e. The number of aryl methyl sites for hydroxylation is 1. The van der Waals surface area contributed by atoms with E-state index >= 15 is 0 Å². The van der Waals surface area contributed by atoms with Gasteiger partial charge in [-0.1, -0.05) is 29.8 Å². The van der Waals surface area contributed by atoms with Crippen LogP contribution in [0.4, 0.5) is 0 Å². The van der Waals surface area contributed by atoms with Crippen molar-refractivity contribution in [1.82, 2.24) is 5.32 Å². The van der Waals surface area contributed by atoms with Gasteiger partial charge in [-0.05, 0) is 73.6 Å². The van der Waals surface area contributed by atoms with E-state index in [-0.39, 0.29) is 18.6 Å². The Hall–Kier alpha value is -2.08. The molecule has 0 heterocycles. The van der Waals surface area contributed by atoms with Crippen LogP contribution in [0, 0.1) is 0 Å². The number of ether oxygens (including phenoxy) is 2. The SMILES string of the molecule is CCOC(=O)COc1ccc2c(c1)C[C@H](NC[C@H](O)c1cccc(Cl)c1)CCC2. The van der Waals surface area contributed by atoms with Gasteiger partial charge in [-0.15, -0.1) is 0 Å². The van der Waals surface area contributed by atoms with E-state index in [1.165, 1.54) is 11.1 Å². The van der Waals surface area contributed by atoms with Gasteiger partial charge in [-0.25, -0.2) is 4.79 Å². The molecule has 0 radical (unpaired) electrons. The molecule has 2 N–H and O–H groups in total. The molecule has 0 saturated heterocycles. The third-order valence-electron chi connectivity index (χ3n) is 5.14. The van der Waals surface area contributed by atoms with Crippen molar-refractivity contribution in [3.05, 3.63) is 64.2 Å². The minimum atomic E-state index is -0.601. The average Bonchev–Trinajstić information content (AvgIpc) is 2.92. The van der Waals surface area contributed by atoms with E-state index in [1.54, 1.807) is 19.1 Å². The molecule has 6 heteroatoms. The lowest BCUT2D eigenvalue weighted by atomic mass is 10.0. The number of rotatable bonds is 8. The van der Waals surface area contributed by atoms with E-state index in [0.29, 0.717) is 23.9 Å². The number of benzene rings is 2. The fraction of sp³-hybridized carbons (Fsp3) is 0.435. The lowest BCUT2D eigenvalue weighted by Gasteiger charge is -2.20. The third-order valence-corrected chi connectivity index (χ3v) is 5.37. The number of halogens is 1. The Bertz CT molecular complexity index is 826. The minimum Gasteiger partial charge on any atom is -0.482 e. The Kier molecular flexibility index (Phi) is 7.92. The molecule has 0 spiro atoms. The van der Waals surface area contributed by atoms with Crippen LogP contribution in [0.1, 0.15) is 42.6 Å². The summed E-state index contributed by atoms with van der Waals surface area (Å²) in [5, 5.41) is 14.6. The first kappa shape index (κ1) is 21.6. The highest BCUT2D eigenvalue weighted by Gasteiger charge is 2.19. The number of aliphatic hydroxyl groups excluding tert-OH is 1. The maximum absolute atomic E-state index is 11.5. The van der Waals surface area contributed by atoms with Gasteiger partial charge in [0.05, 0.1) is 12.7 Å². The predicted molar refractivity (Wildman–Crippen MR) is 113 cm³/mol. The zero-order valence-electron chi connectivity index (χ0n) is 16.7. The maximum Gasteiger partial charge on any atom is 0.344 e. The number of hydrogen-bond acceptors (Lipinski definition) is 5. The summed E-state index contributed by atoms with van der Waals surface area (Å²) in [7, 11) is 0. The van der Waals surface area contributed by atoms with Crippen LogP contribution in [0.5, 0.6) is 5.75 Å². The topological polar surface area (TPSA) is 67.8 Å². The summed E-state index contributed by atoms with van der Waals surface area (Å²) in [6.45, 7) is 2.51. The fourth-order valence-electron chi connectivity index (χ4n) is 3.66. The summed E-state index contributed by atoms with van der Waals surface area (Å²) < 4.78 is 10.5. The van der Waals surface area contributed by atoms with E-state index in [4.69, 9.17) is 21.1 Å². The first-order valence-electron chi connectivity index (χ1n) is 10.1. The van der Waals surface area contributed by atoms with Crippen molar-refractivity contribution in [3.63, 3.8) is 0 Å². The van der Waals surface area contributed by atoms with Crippen molar-refractivity contribution in [2.24, 2.45) is 0 Å². The van der Waals surface area contributed by atoms with Crippen LogP contribution in [0.3, 0.4) is 0 Å². The molecular weight excluding hydrogens is 390 g/mol. The first-order chi connectivity index (χ1) is 14.0. The average molecular weight is 418 g/mol. The summed E-state index contributed by atoms with van der Waals surface area (Å²) in [5.74, 6) is 0.313. The Balaban J connectivity index is 1.58. The number of aliphatic hydroxyl groups is 1. The molecule has 3 rings (SSSR count). The standard InChI is InChI=1S/C23H28ClNO4/c1-2-28-23(27)15-29-21-10-9-16-5-4-8-20(12-18(16)13-21)25-14-22(26)17-6-3-7-19(24)11-17/h3,6-7,9-11,13,20,22,25-26H,2,4-5,8,12,14-15H2,1H3/t20-,22+/m1/s1. The Morgan fingerprint density at radius 2 is 2.14 bits per heavy atom. The van der Waals surface area contributed by atoms with Crippen molar-refractivity contribution in [3.8, 4) is 5.75 Å². The van der Waals surface area contributed by atoms with Gasteiger partial charge in [0.2, 0.25) is 0 Å². The van der Waals surface area contributed by atoms with Gasteiger partial charge in [0, 0.05) is 17.6 Å². The minimum absolute atomic E-state index is 0.0832. The Morgan fingerprint density at radius 3 is 2.93 bits per heavy atom. The number of hydrogen-bond donors (Lipinski definition) is 2. The Labute approximate surface area is 177 Å². The van der Waals surface area contributed by atoms with Gasteiger partial charge in [-0.2, -0.15) is 0 Å². The summed E-state index contributed by atoms with van der Waals surface area (Å²) in [4.78, 5) is 11.5. The highest BCUT2D eigenvalue weighted by atomic mass is 35.5.